The third-order valence-corrected chi connectivity index (χ3v) is 12.2. The highest BCUT2D eigenvalue weighted by Crippen LogP contribution is 2.35. The maximum Gasteiger partial charge on any atom is 0.177 e. The van der Waals surface area contributed by atoms with E-state index in [0.29, 0.717) is 0 Å². The van der Waals surface area contributed by atoms with E-state index in [2.05, 4.69) is 56.5 Å². The summed E-state index contributed by atoms with van der Waals surface area (Å²) in [5.74, 6) is 0. The van der Waals surface area contributed by atoms with Gasteiger partial charge < -0.3 is 14.7 Å². The van der Waals surface area contributed by atoms with E-state index < -0.39 is 0 Å². The zero-order chi connectivity index (χ0) is 32.0. The minimum absolute atomic E-state index is 0.0838. The van der Waals surface area contributed by atoms with Gasteiger partial charge in [-0.1, -0.05) is 18.2 Å². The van der Waals surface area contributed by atoms with Crippen LogP contribution in [0.1, 0.15) is 57.8 Å². The first-order valence-corrected chi connectivity index (χ1v) is 19.7. The van der Waals surface area contributed by atoms with Crippen LogP contribution >= 0.6 is 34.0 Å². The summed E-state index contributed by atoms with van der Waals surface area (Å²) in [6, 6.07) is 24.5. The molecule has 3 aromatic heterocycles. The molecule has 9 rings (SSSR count). The van der Waals surface area contributed by atoms with Gasteiger partial charge in [-0.15, -0.1) is 34.0 Å². The molecular formula is C39H43F2N3S3. The molecule has 47 heavy (non-hydrogen) atoms. The molecule has 3 fully saturated rings. The van der Waals surface area contributed by atoms with Gasteiger partial charge in [0.2, 0.25) is 0 Å². The average molecular weight is 688 g/mol. The van der Waals surface area contributed by atoms with Crippen LogP contribution in [0.4, 0.5) is 25.8 Å². The second-order valence-corrected chi connectivity index (χ2v) is 15.7. The van der Waals surface area contributed by atoms with Crippen LogP contribution in [0.25, 0.3) is 30.3 Å². The van der Waals surface area contributed by atoms with Gasteiger partial charge >= 0.3 is 0 Å². The molecule has 6 aromatic rings. The predicted molar refractivity (Wildman–Crippen MR) is 204 cm³/mol. The van der Waals surface area contributed by atoms with Crippen molar-refractivity contribution in [2.24, 2.45) is 0 Å². The van der Waals surface area contributed by atoms with Crippen LogP contribution in [-0.2, 0) is 0 Å². The second-order valence-electron chi connectivity index (χ2n) is 12.7. The summed E-state index contributed by atoms with van der Waals surface area (Å²) in [5.41, 5.74) is 3.85. The number of hydrogen-bond acceptors (Lipinski definition) is 6. The molecule has 0 bridgehead atoms. The smallest absolute Gasteiger partial charge is 0.177 e. The minimum Gasteiger partial charge on any atom is -0.371 e. The van der Waals surface area contributed by atoms with Crippen LogP contribution in [0.5, 0.6) is 0 Å². The Labute approximate surface area is 289 Å². The molecule has 0 saturated carbocycles. The maximum atomic E-state index is 13.3. The molecule has 3 aromatic carbocycles. The predicted octanol–water partition coefficient (Wildman–Crippen LogP) is 12.0. The highest BCUT2D eigenvalue weighted by molar-refractivity contribution is 7.18. The summed E-state index contributed by atoms with van der Waals surface area (Å²) in [5, 5.41) is 5.61. The molecule has 0 radical (unpaired) electrons. The molecule has 0 aliphatic carbocycles. The lowest BCUT2D eigenvalue weighted by Gasteiger charge is -2.29. The Morgan fingerprint density at radius 3 is 1.23 bits per heavy atom. The summed E-state index contributed by atoms with van der Waals surface area (Å²) in [4.78, 5) is 7.31. The quantitative estimate of drug-likeness (QED) is 0.183. The third kappa shape index (κ3) is 7.60. The topological polar surface area (TPSA) is 9.72 Å². The van der Waals surface area contributed by atoms with Crippen molar-refractivity contribution in [3.63, 3.8) is 0 Å². The van der Waals surface area contributed by atoms with E-state index in [-0.39, 0.29) is 10.3 Å². The van der Waals surface area contributed by atoms with Crippen LogP contribution in [0, 0.1) is 10.3 Å². The Morgan fingerprint density at radius 2 is 0.809 bits per heavy atom. The van der Waals surface area contributed by atoms with Gasteiger partial charge in [-0.25, -0.2) is 0 Å². The first-order chi connectivity index (χ1) is 23.1. The molecule has 0 amide bonds. The zero-order valence-corrected chi connectivity index (χ0v) is 29.4. The van der Waals surface area contributed by atoms with Crippen molar-refractivity contribution in [3.8, 4) is 0 Å². The van der Waals surface area contributed by atoms with Gasteiger partial charge in [0.1, 0.15) is 0 Å². The van der Waals surface area contributed by atoms with Crippen LogP contribution < -0.4 is 14.7 Å². The number of nitrogens with zero attached hydrogens (tertiary/aromatic N) is 3. The highest BCUT2D eigenvalue weighted by Gasteiger charge is 2.17. The van der Waals surface area contributed by atoms with Gasteiger partial charge in [0.15, 0.2) is 10.3 Å². The number of hydrogen-bond donors (Lipinski definition) is 0. The molecular weight excluding hydrogens is 645 g/mol. The Morgan fingerprint density at radius 1 is 0.426 bits per heavy atom. The van der Waals surface area contributed by atoms with E-state index in [1.807, 2.05) is 35.6 Å². The van der Waals surface area contributed by atoms with E-state index in [1.165, 1.54) is 121 Å². The summed E-state index contributed by atoms with van der Waals surface area (Å²) < 4.78 is 30.1. The van der Waals surface area contributed by atoms with Crippen molar-refractivity contribution in [3.05, 3.63) is 88.4 Å². The third-order valence-electron chi connectivity index (χ3n) is 9.58. The Balaban J connectivity index is 0.000000112. The van der Waals surface area contributed by atoms with E-state index in [9.17, 15) is 8.78 Å². The number of halogens is 2. The molecule has 8 heteroatoms. The van der Waals surface area contributed by atoms with Gasteiger partial charge in [-0.3, -0.25) is 0 Å². The Bertz CT molecular complexity index is 1800. The first kappa shape index (κ1) is 32.4. The summed E-state index contributed by atoms with van der Waals surface area (Å²) in [6.07, 6.45) is 11.8. The van der Waals surface area contributed by atoms with Crippen molar-refractivity contribution in [2.75, 3.05) is 54.0 Å². The fourth-order valence-corrected chi connectivity index (χ4v) is 9.66. The number of fused-ring (bicyclic) bond motifs is 3. The summed E-state index contributed by atoms with van der Waals surface area (Å²) in [6.45, 7) is 6.89. The van der Waals surface area contributed by atoms with E-state index >= 15 is 0 Å². The lowest BCUT2D eigenvalue weighted by Crippen LogP contribution is -2.29. The molecule has 3 nitrogen and oxygen atoms in total. The number of piperidine rings is 3. The molecule has 3 aliphatic heterocycles. The molecule has 0 unspecified atom stereocenters. The van der Waals surface area contributed by atoms with Crippen LogP contribution in [0.2, 0.25) is 0 Å². The molecule has 3 aliphatic rings. The molecule has 3 saturated heterocycles. The van der Waals surface area contributed by atoms with Crippen molar-refractivity contribution in [1.29, 1.82) is 0 Å². The molecule has 0 spiro atoms. The largest absolute Gasteiger partial charge is 0.371 e. The first-order valence-electron chi connectivity index (χ1n) is 17.2. The lowest BCUT2D eigenvalue weighted by atomic mass is 10.1. The van der Waals surface area contributed by atoms with Gasteiger partial charge in [-0.2, -0.15) is 8.78 Å². The number of anilines is 3. The highest BCUT2D eigenvalue weighted by atomic mass is 32.1. The van der Waals surface area contributed by atoms with Gasteiger partial charge in [-0.05, 0) is 118 Å². The van der Waals surface area contributed by atoms with Gasteiger partial charge in [0.25, 0.3) is 0 Å². The monoisotopic (exact) mass is 687 g/mol. The Hall–Kier alpha value is -3.20. The SMILES string of the molecule is Fc1cc2c(N3CCCCC3)cccc2s1.Fc1cc2c(N3CCCCC3)cccc2s1.c1cc(N2CCCCC2)c2ccsc2c1. The van der Waals surface area contributed by atoms with Crippen molar-refractivity contribution in [2.45, 2.75) is 57.8 Å². The maximum absolute atomic E-state index is 13.3. The normalized spacial score (nSPS) is 17.0. The standard InChI is InChI=1S/2C13H14FNS.C13H15NS/c2*14-13-9-10-11(5-4-6-12(10)16-13)15-7-2-1-3-8-15;1-2-8-14(9-3-1)12-5-4-6-13-11(12)7-10-15-13/h2*4-6,9H,1-3,7-8H2;4-7,10H,1-3,8-9H2. The lowest BCUT2D eigenvalue weighted by molar-refractivity contribution is 0.579. The van der Waals surface area contributed by atoms with Crippen LogP contribution in [0.15, 0.2) is 78.2 Å². The fraction of sp³-hybridized carbons (Fsp3) is 0.385. The van der Waals surface area contributed by atoms with E-state index in [4.69, 9.17) is 0 Å². The average Bonchev–Trinajstić information content (AvgIpc) is 3.86. The number of benzene rings is 3. The zero-order valence-electron chi connectivity index (χ0n) is 26.9. The molecule has 0 atom stereocenters. The van der Waals surface area contributed by atoms with E-state index in [1.54, 1.807) is 12.1 Å². The minimum atomic E-state index is -0.0838. The summed E-state index contributed by atoms with van der Waals surface area (Å²) in [7, 11) is 0. The number of rotatable bonds is 3. The van der Waals surface area contributed by atoms with Crippen LogP contribution in [-0.4, -0.2) is 39.3 Å². The summed E-state index contributed by atoms with van der Waals surface area (Å²) >= 11 is 4.31. The fourth-order valence-electron chi connectivity index (χ4n) is 7.24. The Kier molecular flexibility index (Phi) is 10.6. The number of thiophene rings is 3. The molecule has 0 N–H and O–H groups in total. The molecule has 246 valence electrons. The van der Waals surface area contributed by atoms with Gasteiger partial charge in [0, 0.05) is 86.6 Å². The van der Waals surface area contributed by atoms with Gasteiger partial charge in [0.05, 0.1) is 0 Å². The van der Waals surface area contributed by atoms with Crippen molar-refractivity contribution < 1.29 is 8.78 Å². The second kappa shape index (κ2) is 15.3. The van der Waals surface area contributed by atoms with Crippen molar-refractivity contribution >= 4 is 81.3 Å². The van der Waals surface area contributed by atoms with Crippen molar-refractivity contribution in [1.82, 2.24) is 0 Å². The molecule has 6 heterocycles. The van der Waals surface area contributed by atoms with E-state index in [0.717, 1.165) is 46.4 Å². The van der Waals surface area contributed by atoms with Crippen LogP contribution in [0.3, 0.4) is 0 Å².